The highest BCUT2D eigenvalue weighted by molar-refractivity contribution is 5.85. The molecule has 1 aliphatic carbocycles. The number of halogens is 1. The van der Waals surface area contributed by atoms with E-state index in [1.165, 1.54) is 13.5 Å². The molecule has 0 atom stereocenters. The number of rotatable bonds is 1. The summed E-state index contributed by atoms with van der Waals surface area (Å²) in [5.41, 5.74) is 0. The predicted molar refractivity (Wildman–Crippen MR) is 40.4 cm³/mol. The van der Waals surface area contributed by atoms with Crippen LogP contribution in [0.1, 0.15) is 19.3 Å². The van der Waals surface area contributed by atoms with E-state index < -0.39 is 0 Å². The van der Waals surface area contributed by atoms with Crippen molar-refractivity contribution in [1.29, 1.82) is 0 Å². The molecule has 0 radical (unpaired) electrons. The Morgan fingerprint density at radius 1 is 1.60 bits per heavy atom. The van der Waals surface area contributed by atoms with Crippen LogP contribution in [0.5, 0.6) is 0 Å². The molecule has 1 fully saturated rings. The zero-order valence-corrected chi connectivity index (χ0v) is 6.74. The zero-order valence-electron chi connectivity index (χ0n) is 5.92. The number of methoxy groups -OCH3 is 1. The SMILES string of the molecule is COC(=O)NC1CCC1.Cl. The van der Waals surface area contributed by atoms with Crippen LogP contribution in [-0.2, 0) is 4.74 Å². The summed E-state index contributed by atoms with van der Waals surface area (Å²) in [6, 6.07) is 0.387. The molecular weight excluding hydrogens is 154 g/mol. The summed E-state index contributed by atoms with van der Waals surface area (Å²) in [4.78, 5) is 10.5. The number of alkyl carbamates (subject to hydrolysis) is 1. The first-order chi connectivity index (χ1) is 4.33. The molecular formula is C6H12ClNO2. The van der Waals surface area contributed by atoms with Gasteiger partial charge in [0.05, 0.1) is 7.11 Å². The minimum Gasteiger partial charge on any atom is -0.453 e. The molecule has 0 aromatic rings. The Hall–Kier alpha value is -0.440. The average Bonchev–Trinajstić information content (AvgIpc) is 1.78. The molecule has 1 amide bonds. The van der Waals surface area contributed by atoms with Gasteiger partial charge >= 0.3 is 6.09 Å². The summed E-state index contributed by atoms with van der Waals surface area (Å²) in [5.74, 6) is 0. The van der Waals surface area contributed by atoms with Crippen LogP contribution in [0.25, 0.3) is 0 Å². The van der Waals surface area contributed by atoms with Gasteiger partial charge in [0.15, 0.2) is 0 Å². The van der Waals surface area contributed by atoms with Crippen molar-refractivity contribution in [3.63, 3.8) is 0 Å². The topological polar surface area (TPSA) is 38.3 Å². The van der Waals surface area contributed by atoms with E-state index in [9.17, 15) is 4.79 Å². The van der Waals surface area contributed by atoms with Gasteiger partial charge in [0.25, 0.3) is 0 Å². The van der Waals surface area contributed by atoms with Gasteiger partial charge in [-0.25, -0.2) is 4.79 Å². The molecule has 1 N–H and O–H groups in total. The molecule has 3 nitrogen and oxygen atoms in total. The maximum Gasteiger partial charge on any atom is 0.407 e. The molecule has 4 heteroatoms. The summed E-state index contributed by atoms with van der Waals surface area (Å²) in [6.07, 6.45) is 3.14. The van der Waals surface area contributed by atoms with Crippen LogP contribution in [0.15, 0.2) is 0 Å². The van der Waals surface area contributed by atoms with Gasteiger partial charge in [0.2, 0.25) is 0 Å². The molecule has 10 heavy (non-hydrogen) atoms. The van der Waals surface area contributed by atoms with Crippen LogP contribution >= 0.6 is 12.4 Å². The van der Waals surface area contributed by atoms with E-state index in [2.05, 4.69) is 10.1 Å². The lowest BCUT2D eigenvalue weighted by Crippen LogP contribution is -2.39. The van der Waals surface area contributed by atoms with Gasteiger partial charge in [-0.3, -0.25) is 0 Å². The Labute approximate surface area is 66.5 Å². The van der Waals surface area contributed by atoms with Gasteiger partial charge < -0.3 is 10.1 Å². The third kappa shape index (κ3) is 2.43. The molecule has 60 valence electrons. The van der Waals surface area contributed by atoms with Crippen molar-refractivity contribution < 1.29 is 9.53 Å². The predicted octanol–water partition coefficient (Wildman–Crippen LogP) is 1.32. The number of carbonyl (C=O) groups is 1. The van der Waals surface area contributed by atoms with Crippen molar-refractivity contribution in [2.24, 2.45) is 0 Å². The second-order valence-corrected chi connectivity index (χ2v) is 2.26. The molecule has 0 saturated heterocycles. The third-order valence-corrected chi connectivity index (χ3v) is 1.61. The fourth-order valence-corrected chi connectivity index (χ4v) is 0.778. The van der Waals surface area contributed by atoms with Crippen LogP contribution in [0, 0.1) is 0 Å². The number of ether oxygens (including phenoxy) is 1. The molecule has 1 rings (SSSR count). The Morgan fingerprint density at radius 3 is 2.50 bits per heavy atom. The van der Waals surface area contributed by atoms with Gasteiger partial charge in [-0.15, -0.1) is 12.4 Å². The fraction of sp³-hybridized carbons (Fsp3) is 0.833. The lowest BCUT2D eigenvalue weighted by molar-refractivity contribution is 0.159. The van der Waals surface area contributed by atoms with E-state index in [1.54, 1.807) is 0 Å². The summed E-state index contributed by atoms with van der Waals surface area (Å²) >= 11 is 0. The third-order valence-electron chi connectivity index (χ3n) is 1.61. The van der Waals surface area contributed by atoms with E-state index in [-0.39, 0.29) is 18.5 Å². The Balaban J connectivity index is 0.000000810. The summed E-state index contributed by atoms with van der Waals surface area (Å²) in [5, 5.41) is 2.70. The lowest BCUT2D eigenvalue weighted by atomic mass is 9.93. The van der Waals surface area contributed by atoms with E-state index in [1.807, 2.05) is 0 Å². The Kier molecular flexibility index (Phi) is 4.19. The molecule has 0 spiro atoms. The van der Waals surface area contributed by atoms with Gasteiger partial charge in [-0.2, -0.15) is 0 Å². The molecule has 1 aliphatic rings. The molecule has 0 aliphatic heterocycles. The highest BCUT2D eigenvalue weighted by atomic mass is 35.5. The monoisotopic (exact) mass is 165 g/mol. The largest absolute Gasteiger partial charge is 0.453 e. The molecule has 0 bridgehead atoms. The number of nitrogens with one attached hydrogen (secondary N) is 1. The molecule has 0 aromatic heterocycles. The smallest absolute Gasteiger partial charge is 0.407 e. The van der Waals surface area contributed by atoms with Crippen molar-refractivity contribution >= 4 is 18.5 Å². The van der Waals surface area contributed by atoms with Crippen molar-refractivity contribution in [2.45, 2.75) is 25.3 Å². The average molecular weight is 166 g/mol. The van der Waals surface area contributed by atoms with Gasteiger partial charge in [-0.1, -0.05) is 0 Å². The van der Waals surface area contributed by atoms with Crippen LogP contribution in [0.3, 0.4) is 0 Å². The zero-order chi connectivity index (χ0) is 6.69. The van der Waals surface area contributed by atoms with Gasteiger partial charge in [0.1, 0.15) is 0 Å². The van der Waals surface area contributed by atoms with E-state index in [0.29, 0.717) is 6.04 Å². The summed E-state index contributed by atoms with van der Waals surface area (Å²) < 4.78 is 4.41. The Morgan fingerprint density at radius 2 is 2.20 bits per heavy atom. The first-order valence-electron chi connectivity index (χ1n) is 3.17. The normalized spacial score (nSPS) is 16.5. The number of hydrogen-bond donors (Lipinski definition) is 1. The van der Waals surface area contributed by atoms with Gasteiger partial charge in [0, 0.05) is 6.04 Å². The quantitative estimate of drug-likeness (QED) is 0.637. The van der Waals surface area contributed by atoms with Crippen molar-refractivity contribution in [3.05, 3.63) is 0 Å². The molecule has 0 heterocycles. The highest BCUT2D eigenvalue weighted by Crippen LogP contribution is 2.17. The summed E-state index contributed by atoms with van der Waals surface area (Å²) in [6.45, 7) is 0. The second kappa shape index (κ2) is 4.39. The number of amides is 1. The second-order valence-electron chi connectivity index (χ2n) is 2.26. The maximum absolute atomic E-state index is 10.5. The summed E-state index contributed by atoms with van der Waals surface area (Å²) in [7, 11) is 1.38. The van der Waals surface area contributed by atoms with Crippen LogP contribution in [-0.4, -0.2) is 19.2 Å². The molecule has 0 aromatic carbocycles. The molecule has 1 saturated carbocycles. The minimum absolute atomic E-state index is 0. The first-order valence-corrected chi connectivity index (χ1v) is 3.17. The maximum atomic E-state index is 10.5. The fourth-order valence-electron chi connectivity index (χ4n) is 0.778. The van der Waals surface area contributed by atoms with Crippen LogP contribution < -0.4 is 5.32 Å². The van der Waals surface area contributed by atoms with Crippen LogP contribution in [0.4, 0.5) is 4.79 Å². The van der Waals surface area contributed by atoms with Crippen molar-refractivity contribution in [2.75, 3.05) is 7.11 Å². The highest BCUT2D eigenvalue weighted by Gasteiger charge is 2.18. The lowest BCUT2D eigenvalue weighted by Gasteiger charge is -2.25. The molecule has 0 unspecified atom stereocenters. The minimum atomic E-state index is -0.306. The van der Waals surface area contributed by atoms with Gasteiger partial charge in [-0.05, 0) is 19.3 Å². The number of carbonyl (C=O) groups excluding carboxylic acids is 1. The standard InChI is InChI=1S/C6H11NO2.ClH/c1-9-6(8)7-5-3-2-4-5;/h5H,2-4H2,1H3,(H,7,8);1H. The van der Waals surface area contributed by atoms with E-state index in [4.69, 9.17) is 0 Å². The van der Waals surface area contributed by atoms with E-state index >= 15 is 0 Å². The number of hydrogen-bond acceptors (Lipinski definition) is 2. The van der Waals surface area contributed by atoms with Crippen LogP contribution in [0.2, 0.25) is 0 Å². The van der Waals surface area contributed by atoms with Crippen molar-refractivity contribution in [3.8, 4) is 0 Å². The Bertz CT molecular complexity index is 114. The van der Waals surface area contributed by atoms with Crippen molar-refractivity contribution in [1.82, 2.24) is 5.32 Å². The first kappa shape index (κ1) is 9.56. The van der Waals surface area contributed by atoms with E-state index in [0.717, 1.165) is 12.8 Å².